The van der Waals surface area contributed by atoms with E-state index in [0.29, 0.717) is 34.6 Å². The van der Waals surface area contributed by atoms with Gasteiger partial charge in [0.2, 0.25) is 0 Å². The lowest BCUT2D eigenvalue weighted by Crippen LogP contribution is -2.46. The van der Waals surface area contributed by atoms with E-state index in [1.165, 1.54) is 0 Å². The van der Waals surface area contributed by atoms with Crippen molar-refractivity contribution in [2.75, 3.05) is 13.2 Å². The Morgan fingerprint density at radius 3 is 1.60 bits per heavy atom. The van der Waals surface area contributed by atoms with E-state index >= 15 is 0 Å². The molecule has 0 saturated carbocycles. The molecule has 0 aliphatic heterocycles. The monoisotopic (exact) mass is 592 g/mol. The predicted molar refractivity (Wildman–Crippen MR) is 157 cm³/mol. The number of aliphatic hydroxyl groups is 10. The summed E-state index contributed by atoms with van der Waals surface area (Å²) >= 11 is 0. The van der Waals surface area contributed by atoms with Crippen LogP contribution in [0.2, 0.25) is 0 Å². The van der Waals surface area contributed by atoms with Gasteiger partial charge in [-0.05, 0) is 48.2 Å². The van der Waals surface area contributed by atoms with Crippen LogP contribution in [0.3, 0.4) is 0 Å². The number of aliphatic imine (C=N–C) groups is 2. The number of rotatable bonds is 18. The molecule has 12 nitrogen and oxygen atoms in total. The van der Waals surface area contributed by atoms with Crippen molar-refractivity contribution in [2.24, 2.45) is 9.98 Å². The maximum atomic E-state index is 10.3. The molecule has 0 saturated heterocycles. The molecule has 0 aliphatic rings. The highest BCUT2D eigenvalue weighted by atomic mass is 16.4. The van der Waals surface area contributed by atoms with Crippen molar-refractivity contribution in [2.45, 2.75) is 87.9 Å². The maximum Gasteiger partial charge on any atom is 0.110 e. The lowest BCUT2D eigenvalue weighted by molar-refractivity contribution is -0.114. The highest BCUT2D eigenvalue weighted by molar-refractivity contribution is 6.31. The van der Waals surface area contributed by atoms with Crippen LogP contribution in [0.1, 0.15) is 37.3 Å². The second kappa shape index (κ2) is 18.1. The molecule has 2 rings (SSSR count). The fraction of sp³-hybridized carbons (Fsp3) is 0.533. The number of hydrogen-bond acceptors (Lipinski definition) is 12. The van der Waals surface area contributed by atoms with Crippen molar-refractivity contribution in [1.82, 2.24) is 0 Å². The summed E-state index contributed by atoms with van der Waals surface area (Å²) in [6, 6.07) is 13.9. The first-order chi connectivity index (χ1) is 20.0. The smallest absolute Gasteiger partial charge is 0.110 e. The summed E-state index contributed by atoms with van der Waals surface area (Å²) in [5.74, 6) is 0. The van der Waals surface area contributed by atoms with Crippen molar-refractivity contribution in [3.63, 3.8) is 0 Å². The Labute approximate surface area is 245 Å². The van der Waals surface area contributed by atoms with Gasteiger partial charge in [0.05, 0.1) is 42.5 Å². The Morgan fingerprint density at radius 2 is 1.12 bits per heavy atom. The summed E-state index contributed by atoms with van der Waals surface area (Å²) < 4.78 is 0. The van der Waals surface area contributed by atoms with Crippen molar-refractivity contribution in [1.29, 1.82) is 0 Å². The second-order valence-electron chi connectivity index (χ2n) is 10.3. The standard InChI is InChI=1S/C30H44N2O10/c1-2-3-8-22(32-21-10-5-7-19(12-21)14-24(36)28(40)30(42)26(38)17-34)15-31-20-9-4-6-18(11-20)13-23(35)27(39)29(41)25(37)16-33/h4-7,9-12,15,23-30,33-42H,2-3,8,13-14,16-17H2,1H3. The van der Waals surface area contributed by atoms with Gasteiger partial charge in [-0.2, -0.15) is 0 Å². The third-order valence-corrected chi connectivity index (χ3v) is 6.78. The molecule has 0 amide bonds. The third-order valence-electron chi connectivity index (χ3n) is 6.78. The van der Waals surface area contributed by atoms with Gasteiger partial charge in [-0.15, -0.1) is 0 Å². The average molecular weight is 593 g/mol. The SMILES string of the molecule is CCCCC(C=Nc1cccc(CC(O)C(O)C(O)C(O)CO)c1)=Nc1cccc(CC(O)C(O)C(O)C(O)CO)c1. The van der Waals surface area contributed by atoms with E-state index in [1.54, 1.807) is 54.7 Å². The molecule has 8 atom stereocenters. The number of unbranched alkanes of at least 4 members (excludes halogenated alkanes) is 1. The molecule has 12 heteroatoms. The minimum atomic E-state index is -1.71. The van der Waals surface area contributed by atoms with Crippen LogP contribution in [0.15, 0.2) is 58.5 Å². The van der Waals surface area contributed by atoms with E-state index in [9.17, 15) is 40.9 Å². The molecule has 2 aromatic rings. The zero-order valence-electron chi connectivity index (χ0n) is 23.6. The van der Waals surface area contributed by atoms with Crippen LogP contribution in [-0.2, 0) is 12.8 Å². The molecule has 234 valence electrons. The van der Waals surface area contributed by atoms with Crippen molar-refractivity contribution in [3.05, 3.63) is 59.7 Å². The summed E-state index contributed by atoms with van der Waals surface area (Å²) in [5.41, 5.74) is 3.07. The van der Waals surface area contributed by atoms with Gasteiger partial charge >= 0.3 is 0 Å². The van der Waals surface area contributed by atoms with E-state index in [4.69, 9.17) is 15.2 Å². The molecule has 42 heavy (non-hydrogen) atoms. The molecule has 0 bridgehead atoms. The Hall–Kier alpha value is -2.62. The normalized spacial score (nSPS) is 18.3. The largest absolute Gasteiger partial charge is 0.394 e. The highest BCUT2D eigenvalue weighted by Gasteiger charge is 2.31. The quantitative estimate of drug-likeness (QED) is 0.0980. The van der Waals surface area contributed by atoms with Gasteiger partial charge in [0, 0.05) is 19.1 Å². The number of benzene rings is 2. The van der Waals surface area contributed by atoms with E-state index in [-0.39, 0.29) is 12.8 Å². The first-order valence-electron chi connectivity index (χ1n) is 14.0. The molecule has 2 aromatic carbocycles. The van der Waals surface area contributed by atoms with Crippen LogP contribution in [0.4, 0.5) is 11.4 Å². The number of hydrogen-bond donors (Lipinski definition) is 10. The Bertz CT molecular complexity index is 1130. The summed E-state index contributed by atoms with van der Waals surface area (Å²) in [4.78, 5) is 9.21. The topological polar surface area (TPSA) is 227 Å². The van der Waals surface area contributed by atoms with Gasteiger partial charge in [0.15, 0.2) is 0 Å². The lowest BCUT2D eigenvalue weighted by atomic mass is 9.97. The fourth-order valence-corrected chi connectivity index (χ4v) is 4.19. The molecule has 0 aromatic heterocycles. The van der Waals surface area contributed by atoms with Crippen LogP contribution in [0.5, 0.6) is 0 Å². The third kappa shape index (κ3) is 11.2. The van der Waals surface area contributed by atoms with Crippen molar-refractivity contribution in [3.8, 4) is 0 Å². The van der Waals surface area contributed by atoms with Gasteiger partial charge in [-0.1, -0.05) is 37.6 Å². The first kappa shape index (κ1) is 35.6. The molecular formula is C30H44N2O10. The van der Waals surface area contributed by atoms with Gasteiger partial charge in [0.25, 0.3) is 0 Å². The van der Waals surface area contributed by atoms with Gasteiger partial charge < -0.3 is 51.1 Å². The van der Waals surface area contributed by atoms with Crippen LogP contribution in [-0.4, -0.2) is 125 Å². The zero-order valence-corrected chi connectivity index (χ0v) is 23.6. The van der Waals surface area contributed by atoms with E-state index in [0.717, 1.165) is 12.8 Å². The molecule has 0 aliphatic carbocycles. The fourth-order valence-electron chi connectivity index (χ4n) is 4.19. The molecule has 0 radical (unpaired) electrons. The van der Waals surface area contributed by atoms with Crippen LogP contribution in [0.25, 0.3) is 0 Å². The minimum absolute atomic E-state index is 0.0263. The van der Waals surface area contributed by atoms with Crippen LogP contribution in [0, 0.1) is 0 Å². The van der Waals surface area contributed by atoms with Crippen molar-refractivity contribution >= 4 is 23.3 Å². The number of aliphatic hydroxyl groups excluding tert-OH is 10. The average Bonchev–Trinajstić information content (AvgIpc) is 3.00. The van der Waals surface area contributed by atoms with E-state index in [2.05, 4.69) is 4.99 Å². The summed E-state index contributed by atoms with van der Waals surface area (Å²) in [6.07, 6.45) is -8.71. The van der Waals surface area contributed by atoms with Gasteiger partial charge in [-0.3, -0.25) is 9.98 Å². The Morgan fingerprint density at radius 1 is 0.667 bits per heavy atom. The molecule has 0 spiro atoms. The molecule has 0 fully saturated rings. The lowest BCUT2D eigenvalue weighted by Gasteiger charge is -2.25. The number of nitrogens with zero attached hydrogens (tertiary/aromatic N) is 2. The maximum absolute atomic E-state index is 10.3. The van der Waals surface area contributed by atoms with E-state index in [1.807, 2.05) is 6.92 Å². The summed E-state index contributed by atoms with van der Waals surface area (Å²) in [6.45, 7) is 0.532. The molecule has 0 heterocycles. The zero-order chi connectivity index (χ0) is 31.2. The minimum Gasteiger partial charge on any atom is -0.394 e. The van der Waals surface area contributed by atoms with Gasteiger partial charge in [0.1, 0.15) is 36.6 Å². The van der Waals surface area contributed by atoms with Crippen LogP contribution >= 0.6 is 0 Å². The van der Waals surface area contributed by atoms with Gasteiger partial charge in [-0.25, -0.2) is 0 Å². The summed E-state index contributed by atoms with van der Waals surface area (Å²) in [5, 5.41) is 97.5. The second-order valence-corrected chi connectivity index (χ2v) is 10.3. The predicted octanol–water partition coefficient (Wildman–Crippen LogP) is -0.691. The Kier molecular flexibility index (Phi) is 15.4. The summed E-state index contributed by atoms with van der Waals surface area (Å²) in [7, 11) is 0. The highest BCUT2D eigenvalue weighted by Crippen LogP contribution is 2.20. The molecule has 8 unspecified atom stereocenters. The van der Waals surface area contributed by atoms with Crippen LogP contribution < -0.4 is 0 Å². The Balaban J connectivity index is 2.17. The van der Waals surface area contributed by atoms with Crippen molar-refractivity contribution < 1.29 is 51.1 Å². The molecular weight excluding hydrogens is 548 g/mol. The van der Waals surface area contributed by atoms with E-state index < -0.39 is 62.0 Å². The molecule has 10 N–H and O–H groups in total. The first-order valence-corrected chi connectivity index (χ1v) is 14.0.